The average molecular weight is 330 g/mol. The van der Waals surface area contributed by atoms with E-state index in [2.05, 4.69) is 5.32 Å². The lowest BCUT2D eigenvalue weighted by Crippen LogP contribution is -2.50. The quantitative estimate of drug-likeness (QED) is 0.855. The van der Waals surface area contributed by atoms with Crippen molar-refractivity contribution < 1.29 is 19.1 Å². The van der Waals surface area contributed by atoms with Crippen molar-refractivity contribution in [2.45, 2.75) is 65.1 Å². The van der Waals surface area contributed by atoms with Gasteiger partial charge in [-0.25, -0.2) is 4.79 Å². The van der Waals surface area contributed by atoms with Crippen LogP contribution in [0.3, 0.4) is 0 Å². The van der Waals surface area contributed by atoms with E-state index in [0.29, 0.717) is 18.7 Å². The Bertz CT molecular complexity index is 434. The molecule has 126 valence electrons. The molecule has 1 saturated heterocycles. The van der Waals surface area contributed by atoms with Crippen molar-refractivity contribution in [3.8, 4) is 0 Å². The predicted octanol–water partition coefficient (Wildman–Crippen LogP) is 2.17. The zero-order valence-electron chi connectivity index (χ0n) is 14.0. The minimum atomic E-state index is -0.713. The highest BCUT2D eigenvalue weighted by Gasteiger charge is 2.36. The van der Waals surface area contributed by atoms with Gasteiger partial charge in [-0.1, -0.05) is 18.7 Å². The first kappa shape index (κ1) is 18.8. The summed E-state index contributed by atoms with van der Waals surface area (Å²) in [5.74, 6) is 0.460. The van der Waals surface area contributed by atoms with Gasteiger partial charge in [0.1, 0.15) is 17.7 Å². The van der Waals surface area contributed by atoms with Gasteiger partial charge in [0.05, 0.1) is 0 Å². The topological polar surface area (TPSA) is 75.7 Å². The molecule has 0 aromatic carbocycles. The number of rotatable bonds is 4. The maximum Gasteiger partial charge on any atom is 0.408 e. The average Bonchev–Trinajstić information content (AvgIpc) is 2.84. The molecule has 2 amide bonds. The van der Waals surface area contributed by atoms with E-state index < -0.39 is 17.7 Å². The number of ether oxygens (including phenoxy) is 1. The van der Waals surface area contributed by atoms with Crippen molar-refractivity contribution in [3.63, 3.8) is 0 Å². The van der Waals surface area contributed by atoms with Gasteiger partial charge < -0.3 is 15.0 Å². The molecule has 0 aromatic rings. The molecule has 0 aliphatic carbocycles. The first-order valence-corrected chi connectivity index (χ1v) is 8.61. The number of carbonyl (C=O) groups excluding carboxylic acids is 3. The van der Waals surface area contributed by atoms with E-state index in [-0.39, 0.29) is 17.1 Å². The second-order valence-electron chi connectivity index (χ2n) is 6.31. The highest BCUT2D eigenvalue weighted by Crippen LogP contribution is 2.23. The van der Waals surface area contributed by atoms with Crippen molar-refractivity contribution in [2.24, 2.45) is 0 Å². The van der Waals surface area contributed by atoms with Crippen LogP contribution in [0.2, 0.25) is 0 Å². The van der Waals surface area contributed by atoms with Gasteiger partial charge in [-0.2, -0.15) is 0 Å². The Morgan fingerprint density at radius 3 is 2.55 bits per heavy atom. The van der Waals surface area contributed by atoms with E-state index >= 15 is 0 Å². The Morgan fingerprint density at radius 1 is 1.36 bits per heavy atom. The molecule has 2 atom stereocenters. The van der Waals surface area contributed by atoms with Gasteiger partial charge in [0.15, 0.2) is 0 Å². The fourth-order valence-corrected chi connectivity index (χ4v) is 3.03. The molecule has 0 unspecified atom stereocenters. The summed E-state index contributed by atoms with van der Waals surface area (Å²) >= 11 is 1.24. The van der Waals surface area contributed by atoms with Crippen molar-refractivity contribution in [3.05, 3.63) is 0 Å². The third-order valence-corrected chi connectivity index (χ3v) is 4.04. The Morgan fingerprint density at radius 2 is 2.00 bits per heavy atom. The molecule has 1 aliphatic rings. The number of hydrogen-bond donors (Lipinski definition) is 1. The van der Waals surface area contributed by atoms with Crippen LogP contribution in [0.25, 0.3) is 0 Å². The monoisotopic (exact) mass is 330 g/mol. The Labute approximate surface area is 136 Å². The molecule has 1 heterocycles. The normalized spacial score (nSPS) is 19.7. The highest BCUT2D eigenvalue weighted by molar-refractivity contribution is 8.13. The summed E-state index contributed by atoms with van der Waals surface area (Å²) in [5.41, 5.74) is -0.614. The van der Waals surface area contributed by atoms with E-state index in [9.17, 15) is 14.4 Å². The number of hydrogen-bond acceptors (Lipinski definition) is 5. The number of amides is 2. The summed E-state index contributed by atoms with van der Waals surface area (Å²) < 4.78 is 5.14. The summed E-state index contributed by atoms with van der Waals surface area (Å²) in [4.78, 5) is 37.8. The Hall–Kier alpha value is -1.24. The van der Waals surface area contributed by atoms with E-state index in [4.69, 9.17) is 4.74 Å². The number of likely N-dealkylation sites (tertiary alicyclic amines) is 1. The van der Waals surface area contributed by atoms with Gasteiger partial charge in [0, 0.05) is 6.54 Å². The fraction of sp³-hybridized carbons (Fsp3) is 0.800. The minimum Gasteiger partial charge on any atom is -0.444 e. The molecule has 1 rings (SSSR count). The number of thioether (sulfide) groups is 1. The molecular formula is C15H26N2O4S. The molecule has 1 N–H and O–H groups in total. The molecule has 0 saturated carbocycles. The molecule has 0 radical (unpaired) electrons. The fourth-order valence-electron chi connectivity index (χ4n) is 2.31. The largest absolute Gasteiger partial charge is 0.444 e. The maximum absolute atomic E-state index is 12.5. The van der Waals surface area contributed by atoms with Crippen molar-refractivity contribution in [1.82, 2.24) is 10.2 Å². The third kappa shape index (κ3) is 5.51. The van der Waals surface area contributed by atoms with Gasteiger partial charge in [0.2, 0.25) is 11.0 Å². The lowest BCUT2D eigenvalue weighted by molar-refractivity contribution is -0.136. The Balaban J connectivity index is 2.62. The SMILES string of the molecule is CCSC(=O)[C@@H]1CCCN1C(=O)[C@H](C)NC(=O)OC(C)(C)C. The lowest BCUT2D eigenvalue weighted by Gasteiger charge is -2.27. The summed E-state index contributed by atoms with van der Waals surface area (Å²) in [6.07, 6.45) is 0.876. The third-order valence-electron chi connectivity index (χ3n) is 3.20. The van der Waals surface area contributed by atoms with Crippen LogP contribution in [0.5, 0.6) is 0 Å². The molecule has 1 fully saturated rings. The van der Waals surface area contributed by atoms with Gasteiger partial charge in [-0.05, 0) is 46.3 Å². The van der Waals surface area contributed by atoms with Crippen molar-refractivity contribution in [1.29, 1.82) is 0 Å². The Kier molecular flexibility index (Phi) is 6.71. The van der Waals surface area contributed by atoms with Crippen LogP contribution in [0.4, 0.5) is 4.79 Å². The van der Waals surface area contributed by atoms with E-state index in [1.165, 1.54) is 11.8 Å². The number of alkyl carbamates (subject to hydrolysis) is 1. The first-order valence-electron chi connectivity index (χ1n) is 7.62. The van der Waals surface area contributed by atoms with Crippen LogP contribution in [-0.4, -0.2) is 52.0 Å². The van der Waals surface area contributed by atoms with Crippen LogP contribution >= 0.6 is 11.8 Å². The van der Waals surface area contributed by atoms with Crippen LogP contribution in [0.15, 0.2) is 0 Å². The summed E-state index contributed by atoms with van der Waals surface area (Å²) in [6.45, 7) is 9.36. The molecular weight excluding hydrogens is 304 g/mol. The first-order chi connectivity index (χ1) is 10.2. The molecule has 6 nitrogen and oxygen atoms in total. The van der Waals surface area contributed by atoms with Gasteiger partial charge in [0.25, 0.3) is 0 Å². The van der Waals surface area contributed by atoms with E-state index in [1.807, 2.05) is 6.92 Å². The molecule has 7 heteroatoms. The summed E-state index contributed by atoms with van der Waals surface area (Å²) in [5, 5.41) is 2.56. The minimum absolute atomic E-state index is 0.0258. The van der Waals surface area contributed by atoms with Crippen LogP contribution in [0.1, 0.15) is 47.5 Å². The number of nitrogens with one attached hydrogen (secondary N) is 1. The van der Waals surface area contributed by atoms with E-state index in [1.54, 1.807) is 32.6 Å². The molecule has 0 spiro atoms. The summed E-state index contributed by atoms with van der Waals surface area (Å²) in [7, 11) is 0. The maximum atomic E-state index is 12.5. The second kappa shape index (κ2) is 7.85. The van der Waals surface area contributed by atoms with Crippen LogP contribution < -0.4 is 5.32 Å². The lowest BCUT2D eigenvalue weighted by atomic mass is 10.2. The predicted molar refractivity (Wildman–Crippen MR) is 86.7 cm³/mol. The summed E-state index contributed by atoms with van der Waals surface area (Å²) in [6, 6.07) is -1.09. The second-order valence-corrected chi connectivity index (χ2v) is 7.58. The zero-order valence-corrected chi connectivity index (χ0v) is 14.8. The highest BCUT2D eigenvalue weighted by atomic mass is 32.2. The van der Waals surface area contributed by atoms with Crippen molar-refractivity contribution >= 4 is 28.9 Å². The molecule has 0 bridgehead atoms. The van der Waals surface area contributed by atoms with Gasteiger partial charge in [-0.3, -0.25) is 9.59 Å². The van der Waals surface area contributed by atoms with Gasteiger partial charge in [-0.15, -0.1) is 0 Å². The zero-order chi connectivity index (χ0) is 16.9. The van der Waals surface area contributed by atoms with Crippen LogP contribution in [-0.2, 0) is 14.3 Å². The molecule has 22 heavy (non-hydrogen) atoms. The standard InChI is InChI=1S/C15H26N2O4S/c1-6-22-13(19)11-8-7-9-17(11)12(18)10(2)16-14(20)21-15(3,4)5/h10-11H,6-9H2,1-5H3,(H,16,20)/t10-,11-/m0/s1. The number of nitrogens with zero attached hydrogens (tertiary/aromatic N) is 1. The van der Waals surface area contributed by atoms with Crippen LogP contribution in [0, 0.1) is 0 Å². The smallest absolute Gasteiger partial charge is 0.408 e. The molecule has 1 aliphatic heterocycles. The molecule has 0 aromatic heterocycles. The van der Waals surface area contributed by atoms with Gasteiger partial charge >= 0.3 is 6.09 Å². The van der Waals surface area contributed by atoms with E-state index in [0.717, 1.165) is 6.42 Å². The number of carbonyl (C=O) groups is 3. The van der Waals surface area contributed by atoms with Crippen molar-refractivity contribution in [2.75, 3.05) is 12.3 Å².